The van der Waals surface area contributed by atoms with E-state index in [1.165, 1.54) is 0 Å². The van der Waals surface area contributed by atoms with Gasteiger partial charge in [-0.2, -0.15) is 12.6 Å². The van der Waals surface area contributed by atoms with E-state index >= 15 is 0 Å². The molecule has 0 aromatic carbocycles. The molecule has 3 atom stereocenters. The van der Waals surface area contributed by atoms with Crippen LogP contribution >= 0.6 is 12.6 Å². The van der Waals surface area contributed by atoms with E-state index in [-0.39, 0.29) is 101 Å². The van der Waals surface area contributed by atoms with Gasteiger partial charge in [0.05, 0.1) is 31.7 Å². The van der Waals surface area contributed by atoms with E-state index in [1.807, 2.05) is 0 Å². The van der Waals surface area contributed by atoms with Gasteiger partial charge < -0.3 is 56.1 Å². The zero-order valence-electron chi connectivity index (χ0n) is 36.3. The molecule has 1 saturated heterocycles. The lowest BCUT2D eigenvalue weighted by molar-refractivity contribution is -0.143. The highest BCUT2D eigenvalue weighted by atomic mass is 32.1. The average Bonchev–Trinajstić information content (AvgIpc) is 3.50. The average molecular weight is 931 g/mol. The summed E-state index contributed by atoms with van der Waals surface area (Å²) < 4.78 is 16.4. The van der Waals surface area contributed by atoms with Crippen molar-refractivity contribution in [2.24, 2.45) is 11.8 Å². The lowest BCUT2D eigenvalue weighted by Crippen LogP contribution is -2.48. The fourth-order valence-corrected chi connectivity index (χ4v) is 7.11. The molecule has 2 fully saturated rings. The largest absolute Gasteiger partial charge is 0.481 e. The fourth-order valence-electron chi connectivity index (χ4n) is 6.82. The summed E-state index contributed by atoms with van der Waals surface area (Å²) in [5.74, 6) is -6.62. The Kier molecular flexibility index (Phi) is 27.5. The normalized spacial score (nSPS) is 18.1. The van der Waals surface area contributed by atoms with E-state index in [2.05, 4.69) is 39.2 Å². The maximum Gasteiger partial charge on any atom is 0.326 e. The topological polar surface area (TPSA) is 322 Å². The molecule has 8 N–H and O–H groups in total. The van der Waals surface area contributed by atoms with E-state index < -0.39 is 65.3 Å². The number of unbranched alkanes of at least 4 members (excludes halogenated alkanes) is 1. The zero-order valence-corrected chi connectivity index (χ0v) is 37.2. The van der Waals surface area contributed by atoms with E-state index in [4.69, 9.17) is 24.4 Å². The number of aliphatic carboxylic acids is 3. The van der Waals surface area contributed by atoms with Crippen molar-refractivity contribution < 1.29 is 77.5 Å². The molecule has 0 aromatic rings. The molecule has 23 heteroatoms. The van der Waals surface area contributed by atoms with Crippen molar-refractivity contribution in [3.63, 3.8) is 0 Å². The minimum absolute atomic E-state index is 0.0101. The number of rotatable bonds is 35. The summed E-state index contributed by atoms with van der Waals surface area (Å²) in [6, 6.07) is -2.56. The molecule has 362 valence electrons. The number of amides is 7. The Bertz CT molecular complexity index is 1560. The first-order chi connectivity index (χ1) is 30.6. The molecule has 22 nitrogen and oxygen atoms in total. The summed E-state index contributed by atoms with van der Waals surface area (Å²) in [6.45, 7) is 2.89. The Hall–Kier alpha value is -4.87. The molecule has 3 unspecified atom stereocenters. The van der Waals surface area contributed by atoms with Gasteiger partial charge in [0.25, 0.3) is 0 Å². The first-order valence-electron chi connectivity index (χ1n) is 21.9. The third kappa shape index (κ3) is 24.3. The third-order valence-electron chi connectivity index (χ3n) is 10.5. The van der Waals surface area contributed by atoms with Gasteiger partial charge in [-0.3, -0.25) is 48.1 Å². The Morgan fingerprint density at radius 2 is 1.19 bits per heavy atom. The molecule has 7 amide bonds. The molecule has 1 heterocycles. The first-order valence-corrected chi connectivity index (χ1v) is 22.4. The molecule has 0 bridgehead atoms. The van der Waals surface area contributed by atoms with Gasteiger partial charge >= 0.3 is 17.9 Å². The van der Waals surface area contributed by atoms with Gasteiger partial charge in [0.15, 0.2) is 0 Å². The second-order valence-corrected chi connectivity index (χ2v) is 16.3. The highest BCUT2D eigenvalue weighted by Crippen LogP contribution is 2.29. The number of imide groups is 1. The molecule has 64 heavy (non-hydrogen) atoms. The van der Waals surface area contributed by atoms with E-state index in [9.17, 15) is 53.1 Å². The van der Waals surface area contributed by atoms with Crippen LogP contribution in [0.2, 0.25) is 0 Å². The Balaban J connectivity index is 1.55. The number of carboxylic acid groups (broad SMARTS) is 3. The van der Waals surface area contributed by atoms with Crippen LogP contribution in [0.3, 0.4) is 0 Å². The van der Waals surface area contributed by atoms with Crippen molar-refractivity contribution >= 4 is 71.9 Å². The summed E-state index contributed by atoms with van der Waals surface area (Å²) in [4.78, 5) is 121. The van der Waals surface area contributed by atoms with Gasteiger partial charge in [-0.15, -0.1) is 0 Å². The smallest absolute Gasteiger partial charge is 0.326 e. The number of nitrogens with one attached hydrogen (secondary N) is 5. The summed E-state index contributed by atoms with van der Waals surface area (Å²) in [5, 5.41) is 40.1. The maximum absolute atomic E-state index is 12.9. The van der Waals surface area contributed by atoms with Gasteiger partial charge in [-0.1, -0.05) is 0 Å². The van der Waals surface area contributed by atoms with Crippen LogP contribution in [0.1, 0.15) is 103 Å². The van der Waals surface area contributed by atoms with Crippen LogP contribution in [-0.2, 0) is 62.2 Å². The van der Waals surface area contributed by atoms with Crippen LogP contribution in [0.25, 0.3) is 0 Å². The Morgan fingerprint density at radius 1 is 0.625 bits per heavy atom. The molecule has 0 radical (unpaired) electrons. The predicted molar refractivity (Wildman–Crippen MR) is 229 cm³/mol. The molecule has 0 aromatic heterocycles. The van der Waals surface area contributed by atoms with Crippen LogP contribution in [0.4, 0.5) is 0 Å². The van der Waals surface area contributed by atoms with Crippen molar-refractivity contribution in [2.75, 3.05) is 65.8 Å². The molecule has 2 aliphatic rings. The van der Waals surface area contributed by atoms with Crippen molar-refractivity contribution in [3.05, 3.63) is 0 Å². The SMILES string of the molecule is O=C(O)CCCCC(=O)NCC1CCC(C(=O)NC(CCC(=O)NC(CCC(=O)O)C(=O)NCCCOCCOCCOCCCNC(=O)CCN2C(=O)CC(S)C2=O)C(=O)O)CC1. The van der Waals surface area contributed by atoms with Gasteiger partial charge in [0.1, 0.15) is 12.1 Å². The summed E-state index contributed by atoms with van der Waals surface area (Å²) >= 11 is 4.05. The molecule has 1 saturated carbocycles. The fraction of sp³-hybridized carbons (Fsp3) is 0.756. The molecule has 1 aliphatic heterocycles. The van der Waals surface area contributed by atoms with Crippen molar-refractivity contribution in [1.29, 1.82) is 0 Å². The summed E-state index contributed by atoms with van der Waals surface area (Å²) in [6.07, 6.45) is 3.19. The number of likely N-dealkylation sites (tertiary alicyclic amines) is 1. The van der Waals surface area contributed by atoms with Crippen LogP contribution in [0, 0.1) is 11.8 Å². The molecule has 0 spiro atoms. The zero-order chi connectivity index (χ0) is 47.3. The van der Waals surface area contributed by atoms with E-state index in [0.29, 0.717) is 90.9 Å². The van der Waals surface area contributed by atoms with E-state index in [0.717, 1.165) is 4.90 Å². The first kappa shape index (κ1) is 55.3. The monoisotopic (exact) mass is 930 g/mol. The number of nitrogens with zero attached hydrogens (tertiary/aromatic N) is 1. The lowest BCUT2D eigenvalue weighted by Gasteiger charge is -2.28. The quantitative estimate of drug-likeness (QED) is 0.0225. The van der Waals surface area contributed by atoms with Crippen LogP contribution < -0.4 is 26.6 Å². The highest BCUT2D eigenvalue weighted by Gasteiger charge is 2.36. The minimum atomic E-state index is -1.37. The minimum Gasteiger partial charge on any atom is -0.481 e. The number of hydrogen-bond acceptors (Lipinski definition) is 14. The van der Waals surface area contributed by atoms with Crippen LogP contribution in [-0.4, -0.2) is 163 Å². The standard InChI is InChI=1S/C41H66N6O16S/c48-32(5-1-2-6-36(52)53)44-26-27-7-9-28(10-8-27)38(56)46-30(41(59)60)11-13-34(50)45-29(12-14-37(54)55)39(57)43-17-4-20-62-22-24-63-23-21-61-19-3-16-42-33(49)15-18-47-35(51)25-31(64)40(47)58/h27-31,64H,1-26H2,(H,42,49)(H,43,57)(H,44,48)(H,45,50)(H,46,56)(H,52,53)(H,54,55)(H,59,60). The van der Waals surface area contributed by atoms with Gasteiger partial charge in [0.2, 0.25) is 41.4 Å². The van der Waals surface area contributed by atoms with Crippen molar-refractivity contribution in [2.45, 2.75) is 120 Å². The summed E-state index contributed by atoms with van der Waals surface area (Å²) in [5.41, 5.74) is 0. The van der Waals surface area contributed by atoms with Crippen LogP contribution in [0.5, 0.6) is 0 Å². The number of thiol groups is 1. The van der Waals surface area contributed by atoms with Crippen LogP contribution in [0.15, 0.2) is 0 Å². The second kappa shape index (κ2) is 31.9. The second-order valence-electron chi connectivity index (χ2n) is 15.7. The molecular weight excluding hydrogens is 865 g/mol. The number of carbonyl (C=O) groups excluding carboxylic acids is 7. The number of hydrogen-bond donors (Lipinski definition) is 9. The van der Waals surface area contributed by atoms with Gasteiger partial charge in [0, 0.05) is 83.8 Å². The van der Waals surface area contributed by atoms with Gasteiger partial charge in [-0.25, -0.2) is 4.79 Å². The van der Waals surface area contributed by atoms with Gasteiger partial charge in [-0.05, 0) is 70.1 Å². The number of carbonyl (C=O) groups is 10. The molecular formula is C41H66N6O16S. The molecule has 2 rings (SSSR count). The van der Waals surface area contributed by atoms with E-state index in [1.54, 1.807) is 0 Å². The van der Waals surface area contributed by atoms with Crippen molar-refractivity contribution in [1.82, 2.24) is 31.5 Å². The number of carboxylic acids is 3. The third-order valence-corrected chi connectivity index (χ3v) is 10.9. The highest BCUT2D eigenvalue weighted by molar-refractivity contribution is 7.81. The Labute approximate surface area is 377 Å². The maximum atomic E-state index is 12.9. The van der Waals surface area contributed by atoms with Crippen molar-refractivity contribution in [3.8, 4) is 0 Å². The Morgan fingerprint density at radius 3 is 1.77 bits per heavy atom. The predicted octanol–water partition coefficient (Wildman–Crippen LogP) is -0.237. The summed E-state index contributed by atoms with van der Waals surface area (Å²) in [7, 11) is 0. The molecule has 1 aliphatic carbocycles. The lowest BCUT2D eigenvalue weighted by atomic mass is 9.81. The number of ether oxygens (including phenoxy) is 3.